The molecule has 19 heavy (non-hydrogen) atoms. The first kappa shape index (κ1) is 12.6. The molecule has 0 spiro atoms. The molecule has 0 amide bonds. The number of aromatic hydroxyl groups is 1. The molecule has 0 radical (unpaired) electrons. The Labute approximate surface area is 110 Å². The van der Waals surface area contributed by atoms with Crippen molar-refractivity contribution in [1.82, 2.24) is 0 Å². The summed E-state index contributed by atoms with van der Waals surface area (Å²) in [5.41, 5.74) is 13.2. The lowest BCUT2D eigenvalue weighted by Gasteiger charge is -2.02. The maximum Gasteiger partial charge on any atom is 0.211 e. The second kappa shape index (κ2) is 5.68. The van der Waals surface area contributed by atoms with Gasteiger partial charge < -0.3 is 16.6 Å². The highest BCUT2D eigenvalue weighted by Gasteiger charge is 1.98. The van der Waals surface area contributed by atoms with Crippen molar-refractivity contribution >= 4 is 12.2 Å². The largest absolute Gasteiger partial charge is 0.508 e. The molecule has 0 fully saturated rings. The second-order valence-electron chi connectivity index (χ2n) is 3.94. The monoisotopic (exact) mass is 254 g/mol. The van der Waals surface area contributed by atoms with Gasteiger partial charge in [-0.05, 0) is 28.8 Å². The first-order valence-corrected chi connectivity index (χ1v) is 5.66. The average Bonchev–Trinajstić information content (AvgIpc) is 2.39. The van der Waals surface area contributed by atoms with Crippen LogP contribution in [-0.2, 0) is 0 Å². The van der Waals surface area contributed by atoms with Crippen LogP contribution in [0.25, 0.3) is 11.1 Å². The van der Waals surface area contributed by atoms with Gasteiger partial charge in [0, 0.05) is 0 Å². The van der Waals surface area contributed by atoms with E-state index in [9.17, 15) is 5.11 Å². The van der Waals surface area contributed by atoms with Crippen molar-refractivity contribution in [3.05, 3.63) is 54.1 Å². The molecule has 2 aromatic carbocycles. The molecular formula is C14H14N4O. The minimum Gasteiger partial charge on any atom is -0.508 e. The third kappa shape index (κ3) is 3.57. The molecule has 96 valence electrons. The molecule has 0 unspecified atom stereocenters. The van der Waals surface area contributed by atoms with E-state index in [0.29, 0.717) is 0 Å². The van der Waals surface area contributed by atoms with Gasteiger partial charge in [0.15, 0.2) is 0 Å². The predicted molar refractivity (Wildman–Crippen MR) is 76.9 cm³/mol. The second-order valence-corrected chi connectivity index (χ2v) is 3.94. The summed E-state index contributed by atoms with van der Waals surface area (Å²) >= 11 is 0. The molecule has 0 aromatic heterocycles. The van der Waals surface area contributed by atoms with Gasteiger partial charge in [0.05, 0.1) is 6.21 Å². The number of guanidine groups is 1. The van der Waals surface area contributed by atoms with Crippen LogP contribution in [0.4, 0.5) is 0 Å². The van der Waals surface area contributed by atoms with Crippen molar-refractivity contribution in [3.63, 3.8) is 0 Å². The number of hydrogen-bond donors (Lipinski definition) is 3. The van der Waals surface area contributed by atoms with Crippen LogP contribution in [0.2, 0.25) is 0 Å². The summed E-state index contributed by atoms with van der Waals surface area (Å²) in [6.45, 7) is 0. The van der Waals surface area contributed by atoms with Gasteiger partial charge in [0.25, 0.3) is 0 Å². The molecule has 5 nitrogen and oxygen atoms in total. The first-order valence-electron chi connectivity index (χ1n) is 5.66. The zero-order valence-electron chi connectivity index (χ0n) is 10.2. The lowest BCUT2D eigenvalue weighted by molar-refractivity contribution is 0.475. The minimum absolute atomic E-state index is 0.0763. The number of rotatable bonds is 3. The van der Waals surface area contributed by atoms with Crippen molar-refractivity contribution in [3.8, 4) is 16.9 Å². The highest BCUT2D eigenvalue weighted by molar-refractivity contribution is 5.82. The molecule has 5 heteroatoms. The van der Waals surface area contributed by atoms with Gasteiger partial charge in [0.2, 0.25) is 5.96 Å². The van der Waals surface area contributed by atoms with E-state index in [-0.39, 0.29) is 11.7 Å². The van der Waals surface area contributed by atoms with E-state index in [0.717, 1.165) is 16.7 Å². The first-order chi connectivity index (χ1) is 9.15. The third-order valence-electron chi connectivity index (χ3n) is 2.47. The van der Waals surface area contributed by atoms with Gasteiger partial charge in [0.1, 0.15) is 5.75 Å². The Morgan fingerprint density at radius 2 is 1.74 bits per heavy atom. The van der Waals surface area contributed by atoms with Gasteiger partial charge in [-0.15, -0.1) is 5.10 Å². The number of hydrogen-bond acceptors (Lipinski definition) is 3. The van der Waals surface area contributed by atoms with Crippen molar-refractivity contribution in [1.29, 1.82) is 0 Å². The number of nitrogens with zero attached hydrogens (tertiary/aromatic N) is 2. The molecule has 0 aliphatic heterocycles. The fourth-order valence-electron chi connectivity index (χ4n) is 1.61. The lowest BCUT2D eigenvalue weighted by atomic mass is 10.0. The Hall–Kier alpha value is -2.82. The summed E-state index contributed by atoms with van der Waals surface area (Å²) in [5, 5.41) is 16.7. The standard InChI is InChI=1S/C14H14N4O/c15-14(16)18-17-9-10-4-6-11(7-5-10)12-2-1-3-13(19)8-12/h1-9,19H,(H4,15,16,18). The molecule has 0 aliphatic rings. The highest BCUT2D eigenvalue weighted by atomic mass is 16.3. The molecule has 0 saturated carbocycles. The van der Waals surface area contributed by atoms with Crippen molar-refractivity contribution in [2.45, 2.75) is 0 Å². The van der Waals surface area contributed by atoms with E-state index in [2.05, 4.69) is 10.2 Å². The molecular weight excluding hydrogens is 240 g/mol. The van der Waals surface area contributed by atoms with Crippen LogP contribution >= 0.6 is 0 Å². The van der Waals surface area contributed by atoms with Crippen LogP contribution < -0.4 is 11.5 Å². The molecule has 0 aliphatic carbocycles. The summed E-state index contributed by atoms with van der Waals surface area (Å²) in [6.07, 6.45) is 1.56. The van der Waals surface area contributed by atoms with Crippen LogP contribution in [-0.4, -0.2) is 17.3 Å². The van der Waals surface area contributed by atoms with Gasteiger partial charge in [-0.2, -0.15) is 5.10 Å². The fraction of sp³-hybridized carbons (Fsp3) is 0. The topological polar surface area (TPSA) is 97.0 Å². The van der Waals surface area contributed by atoms with Crippen LogP contribution in [0.15, 0.2) is 58.7 Å². The normalized spacial score (nSPS) is 10.5. The maximum absolute atomic E-state index is 9.44. The van der Waals surface area contributed by atoms with Gasteiger partial charge >= 0.3 is 0 Å². The Kier molecular flexibility index (Phi) is 3.78. The number of phenolic OH excluding ortho intramolecular Hbond substituents is 1. The van der Waals surface area contributed by atoms with E-state index in [1.54, 1.807) is 24.4 Å². The zero-order valence-corrected chi connectivity index (χ0v) is 10.2. The molecule has 0 atom stereocenters. The van der Waals surface area contributed by atoms with Crippen molar-refractivity contribution < 1.29 is 5.11 Å². The van der Waals surface area contributed by atoms with E-state index in [1.165, 1.54) is 0 Å². The van der Waals surface area contributed by atoms with Gasteiger partial charge in [-0.1, -0.05) is 36.4 Å². The van der Waals surface area contributed by atoms with Crippen LogP contribution in [0.1, 0.15) is 5.56 Å². The molecule has 2 rings (SSSR count). The predicted octanol–water partition coefficient (Wildman–Crippen LogP) is 1.67. The van der Waals surface area contributed by atoms with Gasteiger partial charge in [-0.3, -0.25) is 0 Å². The zero-order chi connectivity index (χ0) is 13.7. The summed E-state index contributed by atoms with van der Waals surface area (Å²) in [7, 11) is 0. The van der Waals surface area contributed by atoms with Crippen LogP contribution in [0, 0.1) is 0 Å². The quantitative estimate of drug-likeness (QED) is 0.441. The van der Waals surface area contributed by atoms with Crippen LogP contribution in [0.5, 0.6) is 5.75 Å². The van der Waals surface area contributed by atoms with Crippen molar-refractivity contribution in [2.75, 3.05) is 0 Å². The lowest BCUT2D eigenvalue weighted by Crippen LogP contribution is -2.21. The SMILES string of the molecule is NC(N)=NN=Cc1ccc(-c2cccc(O)c2)cc1. The van der Waals surface area contributed by atoms with E-state index >= 15 is 0 Å². The Balaban J connectivity index is 2.19. The van der Waals surface area contributed by atoms with E-state index in [1.807, 2.05) is 30.3 Å². The fourth-order valence-corrected chi connectivity index (χ4v) is 1.61. The highest BCUT2D eigenvalue weighted by Crippen LogP contribution is 2.23. The molecule has 0 saturated heterocycles. The molecule has 0 heterocycles. The maximum atomic E-state index is 9.44. The summed E-state index contributed by atoms with van der Waals surface area (Å²) in [5.74, 6) is 0.170. The summed E-state index contributed by atoms with van der Waals surface area (Å²) in [4.78, 5) is 0. The molecule has 0 bridgehead atoms. The van der Waals surface area contributed by atoms with Crippen LogP contribution in [0.3, 0.4) is 0 Å². The summed E-state index contributed by atoms with van der Waals surface area (Å²) < 4.78 is 0. The third-order valence-corrected chi connectivity index (χ3v) is 2.47. The van der Waals surface area contributed by atoms with E-state index in [4.69, 9.17) is 11.5 Å². The number of phenols is 1. The molecule has 5 N–H and O–H groups in total. The van der Waals surface area contributed by atoms with Gasteiger partial charge in [-0.25, -0.2) is 0 Å². The summed E-state index contributed by atoms with van der Waals surface area (Å²) in [6, 6.07) is 14.7. The Morgan fingerprint density at radius 3 is 2.37 bits per heavy atom. The van der Waals surface area contributed by atoms with E-state index < -0.39 is 0 Å². The Morgan fingerprint density at radius 1 is 1.00 bits per heavy atom. The smallest absolute Gasteiger partial charge is 0.211 e. The average molecular weight is 254 g/mol. The minimum atomic E-state index is -0.0763. The van der Waals surface area contributed by atoms with Crippen molar-refractivity contribution in [2.24, 2.45) is 21.7 Å². The number of nitrogens with two attached hydrogens (primary N) is 2. The molecule has 2 aromatic rings. The Bertz CT molecular complexity index is 614. The number of benzene rings is 2.